The highest BCUT2D eigenvalue weighted by Gasteiger charge is 2.12. The van der Waals surface area contributed by atoms with Gasteiger partial charge in [-0.25, -0.2) is 4.79 Å². The highest BCUT2D eigenvalue weighted by atomic mass is 79.9. The van der Waals surface area contributed by atoms with Crippen LogP contribution in [-0.2, 0) is 4.74 Å². The van der Waals surface area contributed by atoms with Crippen LogP contribution in [0, 0.1) is 11.3 Å². The summed E-state index contributed by atoms with van der Waals surface area (Å²) >= 11 is 3.21. The van der Waals surface area contributed by atoms with Crippen molar-refractivity contribution >= 4 is 27.6 Å². The lowest BCUT2D eigenvalue weighted by molar-refractivity contribution is 0.0435. The van der Waals surface area contributed by atoms with E-state index in [-0.39, 0.29) is 0 Å². The summed E-state index contributed by atoms with van der Waals surface area (Å²) < 4.78 is 5.51. The van der Waals surface area contributed by atoms with Crippen LogP contribution < -0.4 is 5.73 Å². The third-order valence-electron chi connectivity index (χ3n) is 1.62. The van der Waals surface area contributed by atoms with E-state index in [4.69, 9.17) is 15.7 Å². The maximum atomic E-state index is 11.5. The molecule has 0 aliphatic heterocycles. The molecule has 78 valence electrons. The van der Waals surface area contributed by atoms with Crippen LogP contribution in [0.3, 0.4) is 0 Å². The van der Waals surface area contributed by atoms with Crippen molar-refractivity contribution in [3.8, 4) is 6.07 Å². The molecule has 0 amide bonds. The summed E-state index contributed by atoms with van der Waals surface area (Å²) in [5.41, 5.74) is 6.34. The summed E-state index contributed by atoms with van der Waals surface area (Å²) in [6.07, 6.45) is -0.766. The van der Waals surface area contributed by atoms with Crippen LogP contribution in [0.2, 0.25) is 0 Å². The van der Waals surface area contributed by atoms with Gasteiger partial charge in [0.1, 0.15) is 6.07 Å². The van der Waals surface area contributed by atoms with E-state index in [1.807, 2.05) is 6.07 Å². The van der Waals surface area contributed by atoms with Gasteiger partial charge in [0.25, 0.3) is 0 Å². The lowest BCUT2D eigenvalue weighted by atomic mass is 10.2. The standard InChI is InChI=1S/C10H9BrN2O2/c1-6(5-12)15-10(14)7-2-8(11)4-9(13)3-7/h2-4,6H,13H2,1H3. The van der Waals surface area contributed by atoms with Crippen molar-refractivity contribution in [3.05, 3.63) is 28.2 Å². The highest BCUT2D eigenvalue weighted by molar-refractivity contribution is 9.10. The number of nitriles is 1. The Morgan fingerprint density at radius 1 is 1.60 bits per heavy atom. The van der Waals surface area contributed by atoms with Gasteiger partial charge in [-0.05, 0) is 25.1 Å². The first-order valence-corrected chi connectivity index (χ1v) is 4.99. The Labute approximate surface area is 95.8 Å². The normalized spacial score (nSPS) is 11.5. The van der Waals surface area contributed by atoms with Gasteiger partial charge in [-0.15, -0.1) is 0 Å². The molecule has 0 heterocycles. The third kappa shape index (κ3) is 3.26. The number of carbonyl (C=O) groups excluding carboxylic acids is 1. The second kappa shape index (κ2) is 4.80. The lowest BCUT2D eigenvalue weighted by Gasteiger charge is -2.06. The first kappa shape index (κ1) is 11.5. The van der Waals surface area contributed by atoms with E-state index in [1.165, 1.54) is 13.0 Å². The molecule has 1 rings (SSSR count). The number of nitrogens with zero attached hydrogens (tertiary/aromatic N) is 1. The zero-order valence-corrected chi connectivity index (χ0v) is 9.61. The number of benzene rings is 1. The average molecular weight is 269 g/mol. The number of halogens is 1. The Kier molecular flexibility index (Phi) is 3.69. The molecule has 1 aromatic rings. The number of nitrogens with two attached hydrogens (primary N) is 1. The maximum absolute atomic E-state index is 11.5. The summed E-state index contributed by atoms with van der Waals surface area (Å²) in [4.78, 5) is 11.5. The van der Waals surface area contributed by atoms with Crippen molar-refractivity contribution < 1.29 is 9.53 Å². The number of ether oxygens (including phenoxy) is 1. The molecular formula is C10H9BrN2O2. The Morgan fingerprint density at radius 3 is 2.80 bits per heavy atom. The van der Waals surface area contributed by atoms with Crippen LogP contribution in [0.15, 0.2) is 22.7 Å². The molecule has 0 bridgehead atoms. The quantitative estimate of drug-likeness (QED) is 0.658. The van der Waals surface area contributed by atoms with Gasteiger partial charge in [0, 0.05) is 10.2 Å². The van der Waals surface area contributed by atoms with Gasteiger partial charge in [-0.3, -0.25) is 0 Å². The molecule has 0 saturated heterocycles. The lowest BCUT2D eigenvalue weighted by Crippen LogP contribution is -2.13. The molecule has 1 unspecified atom stereocenters. The average Bonchev–Trinajstić information content (AvgIpc) is 2.16. The number of hydrogen-bond acceptors (Lipinski definition) is 4. The molecule has 1 atom stereocenters. The van der Waals surface area contributed by atoms with Gasteiger partial charge < -0.3 is 10.5 Å². The van der Waals surface area contributed by atoms with Gasteiger partial charge in [0.15, 0.2) is 6.10 Å². The van der Waals surface area contributed by atoms with Crippen LogP contribution in [0.1, 0.15) is 17.3 Å². The largest absolute Gasteiger partial charge is 0.444 e. The molecule has 0 spiro atoms. The second-order valence-electron chi connectivity index (χ2n) is 2.95. The molecule has 0 radical (unpaired) electrons. The minimum Gasteiger partial charge on any atom is -0.444 e. The van der Waals surface area contributed by atoms with Crippen molar-refractivity contribution in [2.75, 3.05) is 5.73 Å². The van der Waals surface area contributed by atoms with E-state index < -0.39 is 12.1 Å². The van der Waals surface area contributed by atoms with E-state index in [9.17, 15) is 4.79 Å². The van der Waals surface area contributed by atoms with Crippen LogP contribution >= 0.6 is 15.9 Å². The zero-order chi connectivity index (χ0) is 11.4. The Morgan fingerprint density at radius 2 is 2.27 bits per heavy atom. The monoisotopic (exact) mass is 268 g/mol. The van der Waals surface area contributed by atoms with Crippen molar-refractivity contribution in [1.29, 1.82) is 5.26 Å². The van der Waals surface area contributed by atoms with Crippen LogP contribution in [-0.4, -0.2) is 12.1 Å². The summed E-state index contributed by atoms with van der Waals surface area (Å²) in [6, 6.07) is 6.56. The molecule has 15 heavy (non-hydrogen) atoms. The van der Waals surface area contributed by atoms with Crippen molar-refractivity contribution in [2.45, 2.75) is 13.0 Å². The van der Waals surface area contributed by atoms with Crippen LogP contribution in [0.5, 0.6) is 0 Å². The second-order valence-corrected chi connectivity index (χ2v) is 3.87. The fourth-order valence-corrected chi connectivity index (χ4v) is 1.50. The van der Waals surface area contributed by atoms with E-state index in [0.29, 0.717) is 15.7 Å². The fraction of sp³-hybridized carbons (Fsp3) is 0.200. The molecule has 4 nitrogen and oxygen atoms in total. The molecule has 0 saturated carbocycles. The SMILES string of the molecule is CC(C#N)OC(=O)c1cc(N)cc(Br)c1. The van der Waals surface area contributed by atoms with Gasteiger partial charge >= 0.3 is 5.97 Å². The molecule has 0 aliphatic carbocycles. The summed E-state index contributed by atoms with van der Waals surface area (Å²) in [7, 11) is 0. The molecule has 5 heteroatoms. The summed E-state index contributed by atoms with van der Waals surface area (Å²) in [5.74, 6) is -0.558. The molecule has 0 aromatic heterocycles. The van der Waals surface area contributed by atoms with Gasteiger partial charge in [-0.1, -0.05) is 15.9 Å². The number of nitrogen functional groups attached to an aromatic ring is 1. The van der Waals surface area contributed by atoms with E-state index in [1.54, 1.807) is 12.1 Å². The number of carbonyl (C=O) groups is 1. The number of hydrogen-bond donors (Lipinski definition) is 1. The first-order chi connectivity index (χ1) is 7.02. The predicted molar refractivity (Wildman–Crippen MR) is 59.0 cm³/mol. The molecule has 1 aromatic carbocycles. The smallest absolute Gasteiger partial charge is 0.339 e. The summed E-state index contributed by atoms with van der Waals surface area (Å²) in [6.45, 7) is 1.50. The minimum atomic E-state index is -0.766. The molecule has 0 aliphatic rings. The topological polar surface area (TPSA) is 76.1 Å². The van der Waals surface area contributed by atoms with Crippen LogP contribution in [0.25, 0.3) is 0 Å². The van der Waals surface area contributed by atoms with E-state index in [0.717, 1.165) is 0 Å². The van der Waals surface area contributed by atoms with E-state index in [2.05, 4.69) is 15.9 Å². The predicted octanol–water partition coefficient (Wildman–Crippen LogP) is 2.10. The Bertz CT molecular complexity index is 406. The highest BCUT2D eigenvalue weighted by Crippen LogP contribution is 2.18. The molecule has 0 fully saturated rings. The Balaban J connectivity index is 2.88. The molecule has 2 N–H and O–H groups in total. The fourth-order valence-electron chi connectivity index (χ4n) is 0.985. The van der Waals surface area contributed by atoms with Crippen molar-refractivity contribution in [1.82, 2.24) is 0 Å². The van der Waals surface area contributed by atoms with Gasteiger partial charge in [0.2, 0.25) is 0 Å². The van der Waals surface area contributed by atoms with E-state index >= 15 is 0 Å². The van der Waals surface area contributed by atoms with Crippen molar-refractivity contribution in [2.24, 2.45) is 0 Å². The first-order valence-electron chi connectivity index (χ1n) is 4.19. The Hall–Kier alpha value is -1.54. The van der Waals surface area contributed by atoms with Crippen LogP contribution in [0.4, 0.5) is 5.69 Å². The molecular weight excluding hydrogens is 260 g/mol. The van der Waals surface area contributed by atoms with Gasteiger partial charge in [0.05, 0.1) is 5.56 Å². The number of rotatable bonds is 2. The zero-order valence-electron chi connectivity index (χ0n) is 8.03. The number of anilines is 1. The third-order valence-corrected chi connectivity index (χ3v) is 2.08. The number of esters is 1. The summed E-state index contributed by atoms with van der Waals surface area (Å²) in [5, 5.41) is 8.48. The van der Waals surface area contributed by atoms with Crippen molar-refractivity contribution in [3.63, 3.8) is 0 Å². The minimum absolute atomic E-state index is 0.323. The van der Waals surface area contributed by atoms with Gasteiger partial charge in [-0.2, -0.15) is 5.26 Å². The maximum Gasteiger partial charge on any atom is 0.339 e.